The summed E-state index contributed by atoms with van der Waals surface area (Å²) in [6.07, 6.45) is -4.81. The van der Waals surface area contributed by atoms with E-state index >= 15 is 0 Å². The van der Waals surface area contributed by atoms with Gasteiger partial charge < -0.3 is 24.8 Å². The summed E-state index contributed by atoms with van der Waals surface area (Å²) in [6, 6.07) is 7.38. The van der Waals surface area contributed by atoms with Crippen LogP contribution in [-0.2, 0) is 9.53 Å². The Morgan fingerprint density at radius 1 is 1.28 bits per heavy atom. The van der Waals surface area contributed by atoms with Crippen molar-refractivity contribution < 1.29 is 37.3 Å². The van der Waals surface area contributed by atoms with Gasteiger partial charge in [-0.3, -0.25) is 4.90 Å². The van der Waals surface area contributed by atoms with E-state index in [-0.39, 0.29) is 12.1 Å². The van der Waals surface area contributed by atoms with E-state index in [4.69, 9.17) is 31.0 Å². The van der Waals surface area contributed by atoms with Crippen molar-refractivity contribution in [3.05, 3.63) is 29.3 Å². The Balaban J connectivity index is 0.000000451. The average Bonchev–Trinajstić information content (AvgIpc) is 3.28. The van der Waals surface area contributed by atoms with Gasteiger partial charge in [-0.1, -0.05) is 11.6 Å². The first-order valence-electron chi connectivity index (χ1n) is 9.95. The maximum atomic E-state index is 11.7. The van der Waals surface area contributed by atoms with E-state index < -0.39 is 12.1 Å². The standard InChI is InChI=1S/C18H26ClN3O3.C2HF3O2/c1-21(2)18(23)20-9-13-12-25-17-11-22(10-16(13)17)7-8-24-15-5-3-14(19)4-6-15;3-2(4,5)1(6)7/h3-6,13,16-17H,7-12H2,1-2H3,(H,20,23);(H,6,7)/t13-,16+,17+;/m0./s1. The summed E-state index contributed by atoms with van der Waals surface area (Å²) in [5.74, 6) is -1.05. The number of aliphatic carboxylic acids is 1. The third kappa shape index (κ3) is 8.03. The number of carbonyl (C=O) groups excluding carboxylic acids is 1. The molecule has 0 aliphatic carbocycles. The molecule has 0 spiro atoms. The van der Waals surface area contributed by atoms with Crippen molar-refractivity contribution in [2.75, 3.05) is 53.5 Å². The van der Waals surface area contributed by atoms with Gasteiger partial charge in [0.25, 0.3) is 0 Å². The Morgan fingerprint density at radius 3 is 2.47 bits per heavy atom. The quantitative estimate of drug-likeness (QED) is 0.649. The van der Waals surface area contributed by atoms with Gasteiger partial charge >= 0.3 is 18.2 Å². The van der Waals surface area contributed by atoms with Crippen LogP contribution >= 0.6 is 11.6 Å². The topological polar surface area (TPSA) is 91.3 Å². The first-order valence-corrected chi connectivity index (χ1v) is 10.3. The Hall–Kier alpha value is -2.24. The molecule has 180 valence electrons. The van der Waals surface area contributed by atoms with Gasteiger partial charge in [0.2, 0.25) is 0 Å². The number of halogens is 4. The number of likely N-dealkylation sites (tertiary alicyclic amines) is 1. The summed E-state index contributed by atoms with van der Waals surface area (Å²) in [6.45, 7) is 4.86. The highest BCUT2D eigenvalue weighted by atomic mass is 35.5. The average molecular weight is 482 g/mol. The van der Waals surface area contributed by atoms with Gasteiger partial charge in [0.15, 0.2) is 0 Å². The summed E-state index contributed by atoms with van der Waals surface area (Å²) < 4.78 is 43.4. The number of rotatable bonds is 6. The molecule has 2 amide bonds. The molecule has 0 unspecified atom stereocenters. The predicted octanol–water partition coefficient (Wildman–Crippen LogP) is 2.57. The normalized spacial score (nSPS) is 22.5. The molecule has 2 fully saturated rings. The lowest BCUT2D eigenvalue weighted by molar-refractivity contribution is -0.192. The maximum Gasteiger partial charge on any atom is 0.490 e. The van der Waals surface area contributed by atoms with E-state index in [1.165, 1.54) is 0 Å². The Bertz CT molecular complexity index is 764. The van der Waals surface area contributed by atoms with Gasteiger partial charge in [-0.05, 0) is 24.3 Å². The molecule has 2 N–H and O–H groups in total. The van der Waals surface area contributed by atoms with Crippen molar-refractivity contribution >= 4 is 23.6 Å². The number of nitrogens with one attached hydrogen (secondary N) is 1. The molecule has 3 rings (SSSR count). The van der Waals surface area contributed by atoms with E-state index in [2.05, 4.69) is 10.2 Å². The zero-order valence-electron chi connectivity index (χ0n) is 17.8. The first-order chi connectivity index (χ1) is 15.0. The Morgan fingerprint density at radius 2 is 1.91 bits per heavy atom. The molecule has 1 aromatic rings. The lowest BCUT2D eigenvalue weighted by Crippen LogP contribution is -2.39. The predicted molar refractivity (Wildman–Crippen MR) is 111 cm³/mol. The molecule has 2 heterocycles. The van der Waals surface area contributed by atoms with Crippen LogP contribution in [0.3, 0.4) is 0 Å². The van der Waals surface area contributed by atoms with Gasteiger partial charge in [-0.2, -0.15) is 13.2 Å². The summed E-state index contributed by atoms with van der Waals surface area (Å²) in [5.41, 5.74) is 0. The second-order valence-electron chi connectivity index (χ2n) is 7.74. The first kappa shape index (κ1) is 26.0. The largest absolute Gasteiger partial charge is 0.492 e. The minimum atomic E-state index is -5.08. The molecular weight excluding hydrogens is 455 g/mol. The van der Waals surface area contributed by atoms with Crippen LogP contribution in [0.25, 0.3) is 0 Å². The molecule has 0 aromatic heterocycles. The fourth-order valence-corrected chi connectivity index (χ4v) is 3.60. The number of carboxylic acid groups (broad SMARTS) is 1. The maximum absolute atomic E-state index is 11.7. The van der Waals surface area contributed by atoms with E-state index in [1.54, 1.807) is 19.0 Å². The van der Waals surface area contributed by atoms with Crippen molar-refractivity contribution in [3.63, 3.8) is 0 Å². The number of urea groups is 1. The number of hydrogen-bond donors (Lipinski definition) is 2. The smallest absolute Gasteiger partial charge is 0.490 e. The van der Waals surface area contributed by atoms with Crippen LogP contribution in [-0.4, -0.2) is 92.7 Å². The van der Waals surface area contributed by atoms with Gasteiger partial charge in [-0.25, -0.2) is 9.59 Å². The Labute approximate surface area is 189 Å². The summed E-state index contributed by atoms with van der Waals surface area (Å²) in [7, 11) is 3.50. The van der Waals surface area contributed by atoms with Gasteiger partial charge in [0.05, 0.1) is 12.7 Å². The molecule has 12 heteroatoms. The van der Waals surface area contributed by atoms with Crippen molar-refractivity contribution in [1.29, 1.82) is 0 Å². The van der Waals surface area contributed by atoms with Crippen LogP contribution < -0.4 is 10.1 Å². The number of alkyl halides is 3. The van der Waals surface area contributed by atoms with E-state index in [0.717, 1.165) is 32.0 Å². The molecule has 0 radical (unpaired) electrons. The van der Waals surface area contributed by atoms with Crippen LogP contribution in [0.1, 0.15) is 0 Å². The minimum Gasteiger partial charge on any atom is -0.492 e. The number of amides is 2. The summed E-state index contributed by atoms with van der Waals surface area (Å²) in [5, 5.41) is 10.8. The van der Waals surface area contributed by atoms with E-state index in [0.29, 0.717) is 30.0 Å². The van der Waals surface area contributed by atoms with Crippen molar-refractivity contribution in [3.8, 4) is 5.75 Å². The second kappa shape index (κ2) is 11.6. The summed E-state index contributed by atoms with van der Waals surface area (Å²) >= 11 is 5.87. The van der Waals surface area contributed by atoms with Crippen molar-refractivity contribution in [1.82, 2.24) is 15.1 Å². The van der Waals surface area contributed by atoms with Gasteiger partial charge in [-0.15, -0.1) is 0 Å². The summed E-state index contributed by atoms with van der Waals surface area (Å²) in [4.78, 5) is 24.5. The fourth-order valence-electron chi connectivity index (χ4n) is 3.47. The fraction of sp³-hybridized carbons (Fsp3) is 0.600. The van der Waals surface area contributed by atoms with E-state index in [1.807, 2.05) is 24.3 Å². The zero-order valence-corrected chi connectivity index (χ0v) is 18.5. The zero-order chi connectivity index (χ0) is 23.9. The second-order valence-corrected chi connectivity index (χ2v) is 8.18. The lowest BCUT2D eigenvalue weighted by atomic mass is 9.93. The number of ether oxygens (including phenoxy) is 2. The number of hydrogen-bond acceptors (Lipinski definition) is 5. The monoisotopic (exact) mass is 481 g/mol. The van der Waals surface area contributed by atoms with E-state index in [9.17, 15) is 18.0 Å². The molecule has 2 aliphatic heterocycles. The molecule has 32 heavy (non-hydrogen) atoms. The molecule has 2 saturated heterocycles. The van der Waals surface area contributed by atoms with Crippen LogP contribution in [0, 0.1) is 11.8 Å². The highest BCUT2D eigenvalue weighted by molar-refractivity contribution is 6.30. The lowest BCUT2D eigenvalue weighted by Gasteiger charge is -2.21. The molecule has 8 nitrogen and oxygen atoms in total. The number of fused-ring (bicyclic) bond motifs is 1. The van der Waals surface area contributed by atoms with Crippen molar-refractivity contribution in [2.45, 2.75) is 12.3 Å². The molecule has 0 saturated carbocycles. The van der Waals surface area contributed by atoms with Crippen molar-refractivity contribution in [2.24, 2.45) is 11.8 Å². The molecule has 3 atom stereocenters. The highest BCUT2D eigenvalue weighted by Gasteiger charge is 2.43. The van der Waals surface area contributed by atoms with Crippen LogP contribution in [0.15, 0.2) is 24.3 Å². The molecule has 0 bridgehead atoms. The number of benzene rings is 1. The van der Waals surface area contributed by atoms with Gasteiger partial charge in [0, 0.05) is 57.1 Å². The number of carbonyl (C=O) groups is 2. The number of nitrogens with zero attached hydrogens (tertiary/aromatic N) is 2. The molecule has 2 aliphatic rings. The third-order valence-electron chi connectivity index (χ3n) is 5.17. The molecular formula is C20H27ClF3N3O5. The van der Waals surface area contributed by atoms with Crippen LogP contribution in [0.5, 0.6) is 5.75 Å². The molecule has 1 aromatic carbocycles. The SMILES string of the molecule is CN(C)C(=O)NC[C@H]1CO[C@@H]2CN(CCOc3ccc(Cl)cc3)C[C@H]12.O=C(O)C(F)(F)F. The van der Waals surface area contributed by atoms with Crippen LogP contribution in [0.2, 0.25) is 5.02 Å². The highest BCUT2D eigenvalue weighted by Crippen LogP contribution is 2.33. The van der Waals surface area contributed by atoms with Gasteiger partial charge in [0.1, 0.15) is 12.4 Å². The Kier molecular flexibility index (Phi) is 9.41. The van der Waals surface area contributed by atoms with Crippen LogP contribution in [0.4, 0.5) is 18.0 Å². The number of carboxylic acids is 1. The third-order valence-corrected chi connectivity index (χ3v) is 5.42. The minimum absolute atomic E-state index is 0.0466.